The van der Waals surface area contributed by atoms with E-state index in [1.165, 1.54) is 7.11 Å². The van der Waals surface area contributed by atoms with E-state index in [9.17, 15) is 14.4 Å². The summed E-state index contributed by atoms with van der Waals surface area (Å²) in [5.41, 5.74) is -0.617. The molecular weight excluding hydrogens is 288 g/mol. The van der Waals surface area contributed by atoms with Crippen molar-refractivity contribution in [3.05, 3.63) is 0 Å². The van der Waals surface area contributed by atoms with Crippen molar-refractivity contribution >= 4 is 18.0 Å². The number of nitrogens with one attached hydrogen (secondary N) is 2. The van der Waals surface area contributed by atoms with E-state index in [2.05, 4.69) is 10.6 Å². The quantitative estimate of drug-likeness (QED) is 0.694. The molecule has 0 heterocycles. The highest BCUT2D eigenvalue weighted by Crippen LogP contribution is 2.12. The average Bonchev–Trinajstić information content (AvgIpc) is 2.37. The first kappa shape index (κ1) is 20.2. The molecule has 0 aromatic rings. The third kappa shape index (κ3) is 10.0. The minimum absolute atomic E-state index is 0.180. The molecule has 0 radical (unpaired) electrons. The van der Waals surface area contributed by atoms with Gasteiger partial charge in [0.1, 0.15) is 5.60 Å². The van der Waals surface area contributed by atoms with E-state index in [-0.39, 0.29) is 25.0 Å². The zero-order chi connectivity index (χ0) is 17.3. The number of ether oxygens (including phenoxy) is 2. The molecule has 2 amide bonds. The molecule has 2 N–H and O–H groups in total. The largest absolute Gasteiger partial charge is 0.469 e. The van der Waals surface area contributed by atoms with Crippen LogP contribution in [0.15, 0.2) is 0 Å². The van der Waals surface area contributed by atoms with Gasteiger partial charge >= 0.3 is 12.1 Å². The number of hydrogen-bond donors (Lipinski definition) is 2. The lowest BCUT2D eigenvalue weighted by Crippen LogP contribution is -2.42. The predicted octanol–water partition coefficient (Wildman–Crippen LogP) is 1.46. The van der Waals surface area contributed by atoms with Crippen molar-refractivity contribution in [3.8, 4) is 0 Å². The smallest absolute Gasteiger partial charge is 0.408 e. The van der Waals surface area contributed by atoms with Crippen molar-refractivity contribution in [2.45, 2.75) is 46.6 Å². The third-order valence-corrected chi connectivity index (χ3v) is 2.63. The molecule has 0 rings (SSSR count). The van der Waals surface area contributed by atoms with Crippen LogP contribution < -0.4 is 10.6 Å². The van der Waals surface area contributed by atoms with E-state index in [1.807, 2.05) is 13.8 Å². The first-order valence-electron chi connectivity index (χ1n) is 7.36. The second kappa shape index (κ2) is 9.27. The Morgan fingerprint density at radius 2 is 1.68 bits per heavy atom. The predicted molar refractivity (Wildman–Crippen MR) is 82.2 cm³/mol. The number of carbonyl (C=O) groups is 3. The Morgan fingerprint density at radius 3 is 2.14 bits per heavy atom. The van der Waals surface area contributed by atoms with Crippen LogP contribution in [0.1, 0.15) is 41.0 Å². The summed E-state index contributed by atoms with van der Waals surface area (Å²) < 4.78 is 9.74. The zero-order valence-electron chi connectivity index (χ0n) is 14.3. The Morgan fingerprint density at radius 1 is 1.09 bits per heavy atom. The lowest BCUT2D eigenvalue weighted by molar-refractivity contribution is -0.146. The van der Waals surface area contributed by atoms with Gasteiger partial charge in [0.15, 0.2) is 0 Å². The van der Waals surface area contributed by atoms with Crippen LogP contribution in [0, 0.1) is 11.8 Å². The van der Waals surface area contributed by atoms with E-state index in [4.69, 9.17) is 9.47 Å². The molecule has 0 aliphatic carbocycles. The first-order valence-corrected chi connectivity index (χ1v) is 7.36. The molecule has 0 aliphatic rings. The van der Waals surface area contributed by atoms with Crippen LogP contribution in [-0.2, 0) is 19.1 Å². The monoisotopic (exact) mass is 316 g/mol. The fourth-order valence-corrected chi connectivity index (χ4v) is 1.76. The number of methoxy groups -OCH3 is 1. The number of carbonyl (C=O) groups excluding carboxylic acids is 3. The summed E-state index contributed by atoms with van der Waals surface area (Å²) in [5, 5.41) is 4.97. The van der Waals surface area contributed by atoms with E-state index in [0.29, 0.717) is 12.3 Å². The van der Waals surface area contributed by atoms with Gasteiger partial charge in [0, 0.05) is 6.54 Å². The van der Waals surface area contributed by atoms with Crippen LogP contribution in [0.25, 0.3) is 0 Å². The van der Waals surface area contributed by atoms with Gasteiger partial charge in [-0.2, -0.15) is 0 Å². The molecule has 0 aromatic carbocycles. The molecule has 1 unspecified atom stereocenters. The molecule has 128 valence electrons. The van der Waals surface area contributed by atoms with Gasteiger partial charge in [-0.25, -0.2) is 4.79 Å². The molecule has 0 aromatic heterocycles. The van der Waals surface area contributed by atoms with Crippen LogP contribution >= 0.6 is 0 Å². The minimum Gasteiger partial charge on any atom is -0.469 e. The number of rotatable bonds is 7. The number of hydrogen-bond acceptors (Lipinski definition) is 5. The minimum atomic E-state index is -0.658. The summed E-state index contributed by atoms with van der Waals surface area (Å²) >= 11 is 0. The maximum absolute atomic E-state index is 11.7. The number of esters is 1. The van der Waals surface area contributed by atoms with Gasteiger partial charge in [-0.1, -0.05) is 13.8 Å². The fraction of sp³-hybridized carbons (Fsp3) is 0.800. The van der Waals surface area contributed by atoms with Crippen molar-refractivity contribution in [3.63, 3.8) is 0 Å². The summed E-state index contributed by atoms with van der Waals surface area (Å²) in [4.78, 5) is 34.7. The summed E-state index contributed by atoms with van der Waals surface area (Å²) in [5.74, 6) is -0.825. The van der Waals surface area contributed by atoms with E-state index in [0.717, 1.165) is 0 Å². The van der Waals surface area contributed by atoms with Crippen LogP contribution in [0.2, 0.25) is 0 Å². The molecule has 1 atom stereocenters. The maximum Gasteiger partial charge on any atom is 0.408 e. The lowest BCUT2D eigenvalue weighted by atomic mass is 9.97. The van der Waals surface area contributed by atoms with Gasteiger partial charge in [0.25, 0.3) is 0 Å². The Kier molecular flexibility index (Phi) is 8.52. The average molecular weight is 316 g/mol. The van der Waals surface area contributed by atoms with Gasteiger partial charge in [0.05, 0.1) is 19.6 Å². The van der Waals surface area contributed by atoms with Gasteiger partial charge < -0.3 is 20.1 Å². The maximum atomic E-state index is 11.7. The topological polar surface area (TPSA) is 93.7 Å². The van der Waals surface area contributed by atoms with E-state index < -0.39 is 17.6 Å². The number of amides is 2. The van der Waals surface area contributed by atoms with Gasteiger partial charge in [-0.05, 0) is 33.1 Å². The molecule has 0 aliphatic heterocycles. The molecule has 7 heteroatoms. The van der Waals surface area contributed by atoms with Gasteiger partial charge in [-0.15, -0.1) is 0 Å². The van der Waals surface area contributed by atoms with Crippen molar-refractivity contribution in [2.24, 2.45) is 11.8 Å². The van der Waals surface area contributed by atoms with E-state index in [1.54, 1.807) is 20.8 Å². The van der Waals surface area contributed by atoms with Crippen molar-refractivity contribution in [1.29, 1.82) is 0 Å². The molecule has 0 saturated carbocycles. The Labute approximate surface area is 132 Å². The molecule has 0 saturated heterocycles. The summed E-state index contributed by atoms with van der Waals surface area (Å²) in [7, 11) is 1.32. The third-order valence-electron chi connectivity index (χ3n) is 2.63. The van der Waals surface area contributed by atoms with Crippen molar-refractivity contribution in [1.82, 2.24) is 10.6 Å². The summed E-state index contributed by atoms with van der Waals surface area (Å²) in [6, 6.07) is 0. The molecule has 22 heavy (non-hydrogen) atoms. The molecule has 7 nitrogen and oxygen atoms in total. The Bertz CT molecular complexity index is 388. The van der Waals surface area contributed by atoms with Gasteiger partial charge in [-0.3, -0.25) is 9.59 Å². The second-order valence-electron chi connectivity index (χ2n) is 6.51. The normalized spacial score (nSPS) is 12.5. The van der Waals surface area contributed by atoms with Crippen LogP contribution in [-0.4, -0.2) is 43.8 Å². The summed E-state index contributed by atoms with van der Waals surface area (Å²) in [6.07, 6.45) is -0.0405. The number of alkyl carbamates (subject to hydrolysis) is 1. The summed E-state index contributed by atoms with van der Waals surface area (Å²) in [6.45, 7) is 9.16. The molecule has 0 spiro atoms. The highest BCUT2D eigenvalue weighted by atomic mass is 16.6. The Balaban J connectivity index is 4.19. The molecule has 0 bridgehead atoms. The van der Waals surface area contributed by atoms with E-state index >= 15 is 0 Å². The lowest BCUT2D eigenvalue weighted by Gasteiger charge is -2.20. The van der Waals surface area contributed by atoms with Crippen molar-refractivity contribution in [2.75, 3.05) is 20.2 Å². The van der Waals surface area contributed by atoms with Crippen LogP contribution in [0.3, 0.4) is 0 Å². The highest BCUT2D eigenvalue weighted by Gasteiger charge is 2.21. The van der Waals surface area contributed by atoms with Gasteiger partial charge in [0.2, 0.25) is 5.91 Å². The second-order valence-corrected chi connectivity index (χ2v) is 6.51. The SMILES string of the molecule is COC(=O)C(CNC(=O)CNC(=O)OC(C)(C)C)CC(C)C. The van der Waals surface area contributed by atoms with Crippen molar-refractivity contribution < 1.29 is 23.9 Å². The fourth-order valence-electron chi connectivity index (χ4n) is 1.76. The Hall–Kier alpha value is -1.79. The molecular formula is C15H28N2O5. The highest BCUT2D eigenvalue weighted by molar-refractivity contribution is 5.82. The van der Waals surface area contributed by atoms with Crippen LogP contribution in [0.4, 0.5) is 4.79 Å². The van der Waals surface area contributed by atoms with Crippen LogP contribution in [0.5, 0.6) is 0 Å². The zero-order valence-corrected chi connectivity index (χ0v) is 14.3. The standard InChI is InChI=1S/C15H28N2O5/c1-10(2)7-11(13(19)21-6)8-16-12(18)9-17-14(20)22-15(3,4)5/h10-11H,7-9H2,1-6H3,(H,16,18)(H,17,20). The molecule has 0 fully saturated rings. The first-order chi connectivity index (χ1) is 10.0.